The number of anilines is 1. The van der Waals surface area contributed by atoms with Crippen LogP contribution in [0.2, 0.25) is 0 Å². The molecule has 1 aliphatic heterocycles. The number of nitrogens with zero attached hydrogens (tertiary/aromatic N) is 3. The van der Waals surface area contributed by atoms with Crippen LogP contribution in [-0.2, 0) is 25.6 Å². The summed E-state index contributed by atoms with van der Waals surface area (Å²) in [6.07, 6.45) is -6.50. The molecule has 0 unspecified atom stereocenters. The summed E-state index contributed by atoms with van der Waals surface area (Å²) in [5, 5.41) is 0. The van der Waals surface area contributed by atoms with Gasteiger partial charge >= 0.3 is 24.6 Å². The van der Waals surface area contributed by atoms with Crippen molar-refractivity contribution in [1.82, 2.24) is 4.98 Å². The third-order valence-electron chi connectivity index (χ3n) is 7.16. The first kappa shape index (κ1) is 30.9. The van der Waals surface area contributed by atoms with Crippen LogP contribution in [0.1, 0.15) is 32.3 Å². The normalized spacial score (nSPS) is 16.8. The first-order valence-electron chi connectivity index (χ1n) is 12.4. The van der Waals surface area contributed by atoms with Crippen LogP contribution >= 0.6 is 0 Å². The SMILES string of the molecule is CC(C)([C@H]1CCN(c2ccc(-c3cnc[n+](OC(=O)C(F)(F)F)c3)cc2)C(=O)C1)S(=O)(=O)c1cccc(C(F)(F)F)c1. The molecule has 1 aliphatic rings. The molecular weight excluding hydrogens is 592 g/mol. The number of aromatic nitrogens is 2. The maximum Gasteiger partial charge on any atom is 0.495 e. The van der Waals surface area contributed by atoms with Crippen molar-refractivity contribution < 1.29 is 53.9 Å². The number of piperidine rings is 1. The van der Waals surface area contributed by atoms with Gasteiger partial charge in [-0.05, 0) is 66.8 Å². The Kier molecular flexibility index (Phi) is 8.10. The molecule has 0 bridgehead atoms. The average Bonchev–Trinajstić information content (AvgIpc) is 2.92. The zero-order chi connectivity index (χ0) is 31.1. The van der Waals surface area contributed by atoms with Crippen LogP contribution in [0.15, 0.2) is 72.1 Å². The van der Waals surface area contributed by atoms with Gasteiger partial charge in [0.05, 0.1) is 20.8 Å². The largest absolute Gasteiger partial charge is 0.495 e. The Labute approximate surface area is 236 Å². The molecule has 0 spiro atoms. The Morgan fingerprint density at radius 3 is 2.29 bits per heavy atom. The van der Waals surface area contributed by atoms with Crippen molar-refractivity contribution in [3.63, 3.8) is 0 Å². The molecule has 42 heavy (non-hydrogen) atoms. The Bertz CT molecular complexity index is 1610. The highest BCUT2D eigenvalue weighted by molar-refractivity contribution is 7.92. The molecule has 1 atom stereocenters. The van der Waals surface area contributed by atoms with Crippen LogP contribution < -0.4 is 14.5 Å². The summed E-state index contributed by atoms with van der Waals surface area (Å²) in [5.41, 5.74) is 0.183. The van der Waals surface area contributed by atoms with Crippen molar-refractivity contribution >= 4 is 27.4 Å². The molecule has 1 fully saturated rings. The number of carbonyl (C=O) groups is 2. The quantitative estimate of drug-likeness (QED) is 0.298. The fourth-order valence-corrected chi connectivity index (χ4v) is 6.41. The van der Waals surface area contributed by atoms with Crippen molar-refractivity contribution in [3.05, 3.63) is 72.8 Å². The Morgan fingerprint density at radius 1 is 1.02 bits per heavy atom. The molecule has 0 saturated carbocycles. The molecule has 8 nitrogen and oxygen atoms in total. The van der Waals surface area contributed by atoms with Gasteiger partial charge < -0.3 is 4.90 Å². The number of halogens is 6. The summed E-state index contributed by atoms with van der Waals surface area (Å²) in [6.45, 7) is 2.94. The van der Waals surface area contributed by atoms with Crippen molar-refractivity contribution in [3.8, 4) is 11.1 Å². The van der Waals surface area contributed by atoms with Crippen LogP contribution in [0.3, 0.4) is 0 Å². The number of alkyl halides is 6. The van der Waals surface area contributed by atoms with E-state index in [1.807, 2.05) is 0 Å². The van der Waals surface area contributed by atoms with Crippen molar-refractivity contribution in [1.29, 1.82) is 0 Å². The molecule has 15 heteroatoms. The minimum Gasteiger partial charge on any atom is -0.312 e. The highest BCUT2D eigenvalue weighted by Crippen LogP contribution is 2.40. The third kappa shape index (κ3) is 6.25. The minimum absolute atomic E-state index is 0.144. The Morgan fingerprint density at radius 2 is 1.69 bits per heavy atom. The van der Waals surface area contributed by atoms with E-state index in [2.05, 4.69) is 9.82 Å². The van der Waals surface area contributed by atoms with Crippen LogP contribution in [0.5, 0.6) is 0 Å². The lowest BCUT2D eigenvalue weighted by Gasteiger charge is -2.39. The summed E-state index contributed by atoms with van der Waals surface area (Å²) in [5.74, 6) is -3.48. The predicted molar refractivity (Wildman–Crippen MR) is 135 cm³/mol. The monoisotopic (exact) mass is 616 g/mol. The molecule has 0 aliphatic carbocycles. The second-order valence-electron chi connectivity index (χ2n) is 10.1. The molecule has 1 saturated heterocycles. The van der Waals surface area contributed by atoms with Gasteiger partial charge in [-0.3, -0.25) is 4.79 Å². The van der Waals surface area contributed by atoms with Crippen LogP contribution in [0.4, 0.5) is 32.0 Å². The van der Waals surface area contributed by atoms with E-state index in [-0.39, 0.29) is 25.3 Å². The number of benzene rings is 2. The van der Waals surface area contributed by atoms with E-state index in [1.54, 1.807) is 24.3 Å². The average molecular weight is 617 g/mol. The van der Waals surface area contributed by atoms with Gasteiger partial charge in [0.25, 0.3) is 0 Å². The minimum atomic E-state index is -5.19. The summed E-state index contributed by atoms with van der Waals surface area (Å²) < 4.78 is 103. The molecule has 4 rings (SSSR count). The van der Waals surface area contributed by atoms with Gasteiger partial charge in [0.1, 0.15) is 6.20 Å². The van der Waals surface area contributed by atoms with Crippen molar-refractivity contribution in [2.75, 3.05) is 11.4 Å². The van der Waals surface area contributed by atoms with Crippen LogP contribution in [0, 0.1) is 5.92 Å². The number of rotatable bonds is 6. The lowest BCUT2D eigenvalue weighted by atomic mass is 9.85. The Balaban J connectivity index is 1.48. The summed E-state index contributed by atoms with van der Waals surface area (Å²) >= 11 is 0. The first-order chi connectivity index (χ1) is 19.4. The summed E-state index contributed by atoms with van der Waals surface area (Å²) in [4.78, 5) is 33.2. The van der Waals surface area contributed by atoms with Gasteiger partial charge in [-0.25, -0.2) is 18.0 Å². The van der Waals surface area contributed by atoms with Crippen LogP contribution in [0.25, 0.3) is 11.1 Å². The van der Waals surface area contributed by atoms with E-state index < -0.39 is 49.3 Å². The smallest absolute Gasteiger partial charge is 0.312 e. The van der Waals surface area contributed by atoms with E-state index in [0.29, 0.717) is 27.6 Å². The van der Waals surface area contributed by atoms with E-state index >= 15 is 0 Å². The second-order valence-corrected chi connectivity index (χ2v) is 12.7. The highest BCUT2D eigenvalue weighted by Gasteiger charge is 2.46. The maximum atomic E-state index is 13.4. The third-order valence-corrected chi connectivity index (χ3v) is 9.76. The van der Waals surface area contributed by atoms with Gasteiger partial charge in [0.2, 0.25) is 5.91 Å². The number of hydrogen-bond donors (Lipinski definition) is 0. The molecule has 1 amide bonds. The topological polar surface area (TPSA) is 97.5 Å². The van der Waals surface area contributed by atoms with Gasteiger partial charge in [0, 0.05) is 18.7 Å². The molecule has 2 aromatic carbocycles. The van der Waals surface area contributed by atoms with Gasteiger partial charge in [-0.15, -0.1) is 0 Å². The zero-order valence-electron chi connectivity index (χ0n) is 22.1. The number of hydrogen-bond acceptors (Lipinski definition) is 6. The summed E-state index contributed by atoms with van der Waals surface area (Å²) in [7, 11) is -4.25. The standard InChI is InChI=1S/C27H24F6N3O5S/c1-25(2,42(39,40)22-5-3-4-20(12-22)26(28,29)30)19-10-11-36(23(37)13-19)21-8-6-17(7-9-21)18-14-34-16-35(15-18)41-24(38)27(31,32)33/h3-9,12,14-16,19H,10-11,13H2,1-2H3/q+1/t19-/m0/s1. The molecule has 3 aromatic rings. The van der Waals surface area contributed by atoms with E-state index in [0.717, 1.165) is 30.7 Å². The molecule has 0 N–H and O–H groups in total. The van der Waals surface area contributed by atoms with Gasteiger partial charge in [0.15, 0.2) is 16.0 Å². The van der Waals surface area contributed by atoms with Crippen molar-refractivity contribution in [2.24, 2.45) is 5.92 Å². The van der Waals surface area contributed by atoms with E-state index in [4.69, 9.17) is 0 Å². The number of carbonyl (C=O) groups excluding carboxylic acids is 2. The second kappa shape index (κ2) is 11.0. The molecule has 0 radical (unpaired) electrons. The van der Waals surface area contributed by atoms with Crippen molar-refractivity contribution in [2.45, 2.75) is 48.7 Å². The van der Waals surface area contributed by atoms with E-state index in [9.17, 15) is 44.3 Å². The van der Waals surface area contributed by atoms with Crippen LogP contribution in [-0.4, -0.2) is 42.7 Å². The predicted octanol–water partition coefficient (Wildman–Crippen LogP) is 4.57. The fourth-order valence-electron chi connectivity index (χ4n) is 4.63. The number of amides is 1. The Hall–Kier alpha value is -4.01. The lowest BCUT2D eigenvalue weighted by Crippen LogP contribution is -2.50. The highest BCUT2D eigenvalue weighted by atomic mass is 32.2. The van der Waals surface area contributed by atoms with Gasteiger partial charge in [-0.2, -0.15) is 26.3 Å². The first-order valence-corrected chi connectivity index (χ1v) is 13.9. The molecule has 224 valence electrons. The lowest BCUT2D eigenvalue weighted by molar-refractivity contribution is -0.872. The summed E-state index contributed by atoms with van der Waals surface area (Å²) in [6, 6.07) is 9.83. The number of sulfone groups is 1. The maximum absolute atomic E-state index is 13.4. The molecule has 1 aromatic heterocycles. The zero-order valence-corrected chi connectivity index (χ0v) is 22.9. The molecular formula is C27H24F6N3O5S+. The van der Waals surface area contributed by atoms with E-state index in [1.165, 1.54) is 24.9 Å². The van der Waals surface area contributed by atoms with Gasteiger partial charge in [-0.1, -0.05) is 23.2 Å². The fraction of sp³-hybridized carbons (Fsp3) is 0.333. The molecule has 2 heterocycles.